The summed E-state index contributed by atoms with van der Waals surface area (Å²) in [7, 11) is 2.15. The summed E-state index contributed by atoms with van der Waals surface area (Å²) in [6, 6.07) is 0.824. The second kappa shape index (κ2) is 4.70. The standard InChI is InChI=1S/C8H18N2O/c1-9-8-2-4-10(5-3-8)6-7-11/h8-9,11H,2-7H2,1H3/p+1. The molecule has 1 aliphatic heterocycles. The van der Waals surface area contributed by atoms with Gasteiger partial charge in [0.15, 0.2) is 0 Å². The second-order valence-corrected chi connectivity index (χ2v) is 3.24. The van der Waals surface area contributed by atoms with Gasteiger partial charge >= 0.3 is 0 Å². The first-order valence-electron chi connectivity index (χ1n) is 4.49. The Morgan fingerprint density at radius 1 is 1.45 bits per heavy atom. The van der Waals surface area contributed by atoms with E-state index in [0.29, 0.717) is 6.61 Å². The third-order valence-corrected chi connectivity index (χ3v) is 2.52. The topological polar surface area (TPSA) is 40.1 Å². The van der Waals surface area contributed by atoms with Gasteiger partial charge in [-0.15, -0.1) is 0 Å². The van der Waals surface area contributed by atoms with Crippen LogP contribution in [0.15, 0.2) is 0 Å². The molecule has 0 aromatic heterocycles. The highest BCUT2D eigenvalue weighted by molar-refractivity contribution is 4.69. The van der Waals surface area contributed by atoms with Gasteiger partial charge in [0, 0.05) is 32.5 Å². The van der Waals surface area contributed by atoms with Gasteiger partial charge in [0.1, 0.15) is 0 Å². The van der Waals surface area contributed by atoms with Gasteiger partial charge in [-0.05, 0) is 0 Å². The summed E-state index contributed by atoms with van der Waals surface area (Å²) >= 11 is 0. The van der Waals surface area contributed by atoms with Crippen LogP contribution in [-0.2, 0) is 0 Å². The van der Waals surface area contributed by atoms with E-state index in [1.54, 1.807) is 0 Å². The summed E-state index contributed by atoms with van der Waals surface area (Å²) in [6.07, 6.45) is 2.55. The largest absolute Gasteiger partial charge is 0.395 e. The number of hydrogen-bond donors (Lipinski definition) is 2. The van der Waals surface area contributed by atoms with Crippen molar-refractivity contribution in [2.24, 2.45) is 0 Å². The molecule has 0 saturated carbocycles. The Labute approximate surface area is 68.4 Å². The van der Waals surface area contributed by atoms with E-state index >= 15 is 0 Å². The second-order valence-electron chi connectivity index (χ2n) is 3.24. The minimum absolute atomic E-state index is 0.306. The van der Waals surface area contributed by atoms with Gasteiger partial charge < -0.3 is 15.3 Å². The van der Waals surface area contributed by atoms with E-state index in [1.165, 1.54) is 12.8 Å². The molecule has 0 radical (unpaired) electrons. The van der Waals surface area contributed by atoms with Gasteiger partial charge in [0.2, 0.25) is 0 Å². The summed E-state index contributed by atoms with van der Waals surface area (Å²) < 4.78 is 0. The zero-order chi connectivity index (χ0) is 8.10. The van der Waals surface area contributed by atoms with Crippen LogP contribution >= 0.6 is 0 Å². The Balaban J connectivity index is 2.14. The first-order valence-corrected chi connectivity index (χ1v) is 4.49. The Morgan fingerprint density at radius 2 is 2.09 bits per heavy atom. The van der Waals surface area contributed by atoms with E-state index < -0.39 is 0 Å². The Kier molecular flexibility index (Phi) is 3.83. The Hall–Kier alpha value is -0.120. The summed E-state index contributed by atoms with van der Waals surface area (Å²) in [5, 5.41) is 11.0. The average molecular weight is 159 g/mol. The molecule has 0 unspecified atom stereocenters. The highest BCUT2D eigenvalue weighted by Crippen LogP contribution is 2.05. The lowest BCUT2D eigenvalue weighted by atomic mass is 10.1. The zero-order valence-electron chi connectivity index (χ0n) is 7.29. The molecular weight excluding hydrogens is 140 g/mol. The molecule has 1 aliphatic rings. The predicted molar refractivity (Wildman–Crippen MR) is 44.4 cm³/mol. The van der Waals surface area contributed by atoms with Crippen LogP contribution in [-0.4, -0.2) is 49.3 Å². The lowest BCUT2D eigenvalue weighted by Crippen LogP contribution is -2.87. The molecule has 0 atom stereocenters. The summed E-state index contributed by atoms with van der Waals surface area (Å²) in [5.41, 5.74) is 0. The quantitative estimate of drug-likeness (QED) is 0.534. The Bertz CT molecular complexity index is 100. The van der Waals surface area contributed by atoms with Gasteiger partial charge in [0.25, 0.3) is 0 Å². The number of aliphatic hydroxyl groups excluding tert-OH is 1. The molecule has 1 rings (SSSR count). The van der Waals surface area contributed by atoms with E-state index in [1.807, 2.05) is 0 Å². The van der Waals surface area contributed by atoms with Crippen LogP contribution in [0.4, 0.5) is 0 Å². The predicted octanol–water partition coefficient (Wildman–Crippen LogP) is -1.36. The lowest BCUT2D eigenvalue weighted by Gasteiger charge is -2.29. The fourth-order valence-corrected chi connectivity index (χ4v) is 1.65. The van der Waals surface area contributed by atoms with Gasteiger partial charge in [-0.1, -0.05) is 0 Å². The van der Waals surface area contributed by atoms with Crippen LogP contribution in [0.5, 0.6) is 0 Å². The summed E-state index contributed by atoms with van der Waals surface area (Å²) in [6.45, 7) is 3.49. The molecule has 0 spiro atoms. The monoisotopic (exact) mass is 159 g/mol. The SMILES string of the molecule is C[NH2+]C1CCN(CCO)CC1. The van der Waals surface area contributed by atoms with Crippen LogP contribution in [0.25, 0.3) is 0 Å². The number of quaternary nitrogens is 1. The maximum atomic E-state index is 8.69. The van der Waals surface area contributed by atoms with Crippen LogP contribution < -0.4 is 5.32 Å². The average Bonchev–Trinajstić information content (AvgIpc) is 2.07. The van der Waals surface area contributed by atoms with Crippen molar-refractivity contribution in [2.75, 3.05) is 33.3 Å². The molecule has 11 heavy (non-hydrogen) atoms. The molecule has 3 N–H and O–H groups in total. The van der Waals surface area contributed by atoms with Crippen molar-refractivity contribution in [3.05, 3.63) is 0 Å². The van der Waals surface area contributed by atoms with Crippen LogP contribution in [0.2, 0.25) is 0 Å². The van der Waals surface area contributed by atoms with Gasteiger partial charge in [-0.3, -0.25) is 0 Å². The van der Waals surface area contributed by atoms with Crippen molar-refractivity contribution in [2.45, 2.75) is 18.9 Å². The number of aliphatic hydroxyl groups is 1. The molecule has 3 heteroatoms. The van der Waals surface area contributed by atoms with Crippen LogP contribution in [0, 0.1) is 0 Å². The van der Waals surface area contributed by atoms with Crippen molar-refractivity contribution in [3.63, 3.8) is 0 Å². The van der Waals surface area contributed by atoms with Crippen molar-refractivity contribution in [1.29, 1.82) is 0 Å². The maximum Gasteiger partial charge on any atom is 0.0881 e. The lowest BCUT2D eigenvalue weighted by molar-refractivity contribution is -0.666. The molecule has 1 saturated heterocycles. The van der Waals surface area contributed by atoms with Crippen LogP contribution in [0.1, 0.15) is 12.8 Å². The third-order valence-electron chi connectivity index (χ3n) is 2.52. The molecule has 0 amide bonds. The van der Waals surface area contributed by atoms with E-state index in [9.17, 15) is 0 Å². The minimum atomic E-state index is 0.306. The number of rotatable bonds is 3. The first-order chi connectivity index (χ1) is 5.36. The van der Waals surface area contributed by atoms with Crippen molar-refractivity contribution in [1.82, 2.24) is 4.90 Å². The van der Waals surface area contributed by atoms with E-state index in [0.717, 1.165) is 25.7 Å². The fourth-order valence-electron chi connectivity index (χ4n) is 1.65. The summed E-state index contributed by atoms with van der Waals surface area (Å²) in [4.78, 5) is 2.33. The molecule has 0 aromatic rings. The van der Waals surface area contributed by atoms with E-state index in [4.69, 9.17) is 5.11 Å². The van der Waals surface area contributed by atoms with Crippen molar-refractivity contribution >= 4 is 0 Å². The number of nitrogens with zero attached hydrogens (tertiary/aromatic N) is 1. The Morgan fingerprint density at radius 3 is 2.55 bits per heavy atom. The van der Waals surface area contributed by atoms with E-state index in [-0.39, 0.29) is 0 Å². The normalized spacial score (nSPS) is 22.4. The van der Waals surface area contributed by atoms with Crippen molar-refractivity contribution < 1.29 is 10.4 Å². The number of piperidine rings is 1. The smallest absolute Gasteiger partial charge is 0.0881 e. The zero-order valence-corrected chi connectivity index (χ0v) is 7.29. The number of hydrogen-bond acceptors (Lipinski definition) is 2. The van der Waals surface area contributed by atoms with E-state index in [2.05, 4.69) is 17.3 Å². The number of likely N-dealkylation sites (tertiary alicyclic amines) is 1. The van der Waals surface area contributed by atoms with Gasteiger partial charge in [-0.2, -0.15) is 0 Å². The molecule has 0 aliphatic carbocycles. The molecule has 0 aromatic carbocycles. The third kappa shape index (κ3) is 2.77. The molecular formula is C8H19N2O+. The van der Waals surface area contributed by atoms with Gasteiger partial charge in [0.05, 0.1) is 19.7 Å². The minimum Gasteiger partial charge on any atom is -0.395 e. The van der Waals surface area contributed by atoms with Crippen LogP contribution in [0.3, 0.4) is 0 Å². The molecule has 0 bridgehead atoms. The van der Waals surface area contributed by atoms with Gasteiger partial charge in [-0.25, -0.2) is 0 Å². The fraction of sp³-hybridized carbons (Fsp3) is 1.00. The number of β-amino-alcohol motifs (C(OH)–C–C–N with tert-alkyl or cyclic N) is 1. The maximum absolute atomic E-state index is 8.69. The van der Waals surface area contributed by atoms with Crippen molar-refractivity contribution in [3.8, 4) is 0 Å². The molecule has 1 heterocycles. The highest BCUT2D eigenvalue weighted by Gasteiger charge is 2.18. The molecule has 66 valence electrons. The summed E-state index contributed by atoms with van der Waals surface area (Å²) in [5.74, 6) is 0. The molecule has 3 nitrogen and oxygen atoms in total. The number of nitrogens with two attached hydrogens (primary N) is 1. The highest BCUT2D eigenvalue weighted by atomic mass is 16.3. The first kappa shape index (κ1) is 8.97. The molecule has 1 fully saturated rings.